The maximum Gasteiger partial charge on any atom is 0.0915 e. The Balaban J connectivity index is 2.96. The summed E-state index contributed by atoms with van der Waals surface area (Å²) < 4.78 is 0. The molecule has 1 aromatic rings. The lowest BCUT2D eigenvalue weighted by Crippen LogP contribution is -1.82. The van der Waals surface area contributed by atoms with Crippen LogP contribution in [0.25, 0.3) is 5.57 Å². The zero-order chi connectivity index (χ0) is 8.10. The Labute approximate surface area is 65.8 Å². The summed E-state index contributed by atoms with van der Waals surface area (Å²) in [7, 11) is 0. The average molecular weight is 144 g/mol. The van der Waals surface area contributed by atoms with Crippen LogP contribution in [0.4, 0.5) is 0 Å². The zero-order valence-electron chi connectivity index (χ0n) is 6.28. The van der Waals surface area contributed by atoms with Gasteiger partial charge >= 0.3 is 0 Å². The smallest absolute Gasteiger partial charge is 0.0915 e. The van der Waals surface area contributed by atoms with Crippen LogP contribution >= 0.6 is 0 Å². The molecule has 0 unspecified atom stereocenters. The largest absolute Gasteiger partial charge is 0.257 e. The number of rotatable bonds is 1. The van der Waals surface area contributed by atoms with Gasteiger partial charge in [-0.25, -0.2) is 0 Å². The minimum Gasteiger partial charge on any atom is -0.257 e. The lowest BCUT2D eigenvalue weighted by atomic mass is 10.2. The molecule has 2 heteroatoms. The Morgan fingerprint density at radius 2 is 2.45 bits per heavy atom. The van der Waals surface area contributed by atoms with Gasteiger partial charge in [-0.15, -0.1) is 0 Å². The molecule has 0 amide bonds. The van der Waals surface area contributed by atoms with Crippen molar-refractivity contribution in [3.05, 3.63) is 36.2 Å². The molecule has 0 N–H and O–H groups in total. The molecule has 1 aromatic heterocycles. The Bertz CT molecular complexity index is 293. The van der Waals surface area contributed by atoms with E-state index in [0.29, 0.717) is 0 Å². The first-order valence-corrected chi connectivity index (χ1v) is 3.32. The van der Waals surface area contributed by atoms with Crippen LogP contribution in [0.3, 0.4) is 0 Å². The molecule has 11 heavy (non-hydrogen) atoms. The van der Waals surface area contributed by atoms with Gasteiger partial charge in [0.05, 0.1) is 11.8 Å². The molecule has 2 nitrogen and oxygen atoms in total. The molecule has 0 fully saturated rings. The Morgan fingerprint density at radius 3 is 3.00 bits per heavy atom. The second-order valence-electron chi connectivity index (χ2n) is 2.17. The van der Waals surface area contributed by atoms with E-state index < -0.39 is 0 Å². The summed E-state index contributed by atoms with van der Waals surface area (Å²) >= 11 is 0. The van der Waals surface area contributed by atoms with E-state index in [2.05, 4.69) is 4.98 Å². The van der Waals surface area contributed by atoms with Crippen molar-refractivity contribution in [3.8, 4) is 6.07 Å². The third-order valence-corrected chi connectivity index (χ3v) is 1.35. The highest BCUT2D eigenvalue weighted by molar-refractivity contribution is 5.62. The van der Waals surface area contributed by atoms with E-state index >= 15 is 0 Å². The van der Waals surface area contributed by atoms with Crippen LogP contribution in [0, 0.1) is 11.3 Å². The van der Waals surface area contributed by atoms with Gasteiger partial charge in [0.25, 0.3) is 0 Å². The Kier molecular flexibility index (Phi) is 2.40. The van der Waals surface area contributed by atoms with Crippen LogP contribution in [-0.2, 0) is 0 Å². The molecule has 1 rings (SSSR count). The fourth-order valence-electron chi connectivity index (χ4n) is 0.767. The second-order valence-corrected chi connectivity index (χ2v) is 2.17. The number of aromatic nitrogens is 1. The molecular formula is C9H8N2. The van der Waals surface area contributed by atoms with E-state index in [4.69, 9.17) is 5.26 Å². The molecule has 0 saturated carbocycles. The number of hydrogen-bond donors (Lipinski definition) is 0. The predicted octanol–water partition coefficient (Wildman–Crippen LogP) is 2.01. The molecule has 0 aliphatic rings. The first-order valence-electron chi connectivity index (χ1n) is 3.32. The summed E-state index contributed by atoms with van der Waals surface area (Å²) in [6.45, 7) is 1.87. The van der Waals surface area contributed by atoms with Gasteiger partial charge in [-0.1, -0.05) is 6.07 Å². The fraction of sp³-hybridized carbons (Fsp3) is 0.111. The fourth-order valence-corrected chi connectivity index (χ4v) is 0.767. The van der Waals surface area contributed by atoms with Gasteiger partial charge < -0.3 is 0 Å². The third kappa shape index (κ3) is 1.91. The van der Waals surface area contributed by atoms with Crippen molar-refractivity contribution >= 4 is 5.57 Å². The van der Waals surface area contributed by atoms with Crippen LogP contribution < -0.4 is 0 Å². The SMILES string of the molecule is C/C(=C/C#N)c1ccccn1. The predicted molar refractivity (Wildman–Crippen MR) is 43.5 cm³/mol. The van der Waals surface area contributed by atoms with Crippen molar-refractivity contribution in [1.82, 2.24) is 4.98 Å². The van der Waals surface area contributed by atoms with Crippen molar-refractivity contribution in [3.63, 3.8) is 0 Å². The first kappa shape index (κ1) is 7.49. The molecule has 0 bridgehead atoms. The van der Waals surface area contributed by atoms with Crippen LogP contribution in [0.1, 0.15) is 12.6 Å². The van der Waals surface area contributed by atoms with Crippen molar-refractivity contribution < 1.29 is 0 Å². The van der Waals surface area contributed by atoms with E-state index in [0.717, 1.165) is 11.3 Å². The topological polar surface area (TPSA) is 36.7 Å². The standard InChI is InChI=1S/C9H8N2/c1-8(5-6-10)9-4-2-3-7-11-9/h2-5,7H,1H3/b8-5-. The molecule has 0 atom stereocenters. The minimum absolute atomic E-state index is 0.856. The lowest BCUT2D eigenvalue weighted by Gasteiger charge is -1.94. The first-order chi connectivity index (χ1) is 5.34. The van der Waals surface area contributed by atoms with Crippen LogP contribution in [0.5, 0.6) is 0 Å². The molecule has 0 saturated heterocycles. The summed E-state index contributed by atoms with van der Waals surface area (Å²) in [6, 6.07) is 7.59. The third-order valence-electron chi connectivity index (χ3n) is 1.35. The van der Waals surface area contributed by atoms with Gasteiger partial charge in [0.1, 0.15) is 0 Å². The van der Waals surface area contributed by atoms with Gasteiger partial charge in [-0.05, 0) is 24.6 Å². The molecule has 54 valence electrons. The molecule has 0 aliphatic heterocycles. The number of allylic oxidation sites excluding steroid dienone is 2. The summed E-state index contributed by atoms with van der Waals surface area (Å²) in [4.78, 5) is 4.08. The van der Waals surface area contributed by atoms with Gasteiger partial charge in [0, 0.05) is 12.3 Å². The van der Waals surface area contributed by atoms with E-state index in [9.17, 15) is 0 Å². The molecule has 0 aliphatic carbocycles. The molecule has 0 radical (unpaired) electrons. The van der Waals surface area contributed by atoms with Crippen LogP contribution in [0.15, 0.2) is 30.5 Å². The highest BCUT2D eigenvalue weighted by Gasteiger charge is 1.92. The summed E-state index contributed by atoms with van der Waals surface area (Å²) in [6.07, 6.45) is 3.20. The highest BCUT2D eigenvalue weighted by atomic mass is 14.7. The number of nitriles is 1. The second kappa shape index (κ2) is 3.52. The normalized spacial score (nSPS) is 10.7. The van der Waals surface area contributed by atoms with Crippen molar-refractivity contribution in [2.45, 2.75) is 6.92 Å². The highest BCUT2D eigenvalue weighted by Crippen LogP contribution is 2.07. The molecule has 0 spiro atoms. The van der Waals surface area contributed by atoms with Crippen molar-refractivity contribution in [2.75, 3.05) is 0 Å². The van der Waals surface area contributed by atoms with E-state index in [1.54, 1.807) is 6.20 Å². The maximum absolute atomic E-state index is 8.34. The summed E-state index contributed by atoms with van der Waals surface area (Å²) in [5.41, 5.74) is 1.75. The van der Waals surface area contributed by atoms with Crippen molar-refractivity contribution in [2.24, 2.45) is 0 Å². The number of pyridine rings is 1. The number of nitrogens with zero attached hydrogens (tertiary/aromatic N) is 2. The van der Waals surface area contributed by atoms with Gasteiger partial charge in [-0.2, -0.15) is 5.26 Å². The van der Waals surface area contributed by atoms with E-state index in [1.807, 2.05) is 31.2 Å². The van der Waals surface area contributed by atoms with Crippen LogP contribution in [0.2, 0.25) is 0 Å². The van der Waals surface area contributed by atoms with E-state index in [1.165, 1.54) is 6.08 Å². The Morgan fingerprint density at radius 1 is 1.64 bits per heavy atom. The van der Waals surface area contributed by atoms with Crippen LogP contribution in [-0.4, -0.2) is 4.98 Å². The lowest BCUT2D eigenvalue weighted by molar-refractivity contribution is 1.27. The molecular weight excluding hydrogens is 136 g/mol. The summed E-state index contributed by atoms with van der Waals surface area (Å²) in [5, 5.41) is 8.34. The maximum atomic E-state index is 8.34. The molecule has 0 aromatic carbocycles. The van der Waals surface area contributed by atoms with E-state index in [-0.39, 0.29) is 0 Å². The molecule has 1 heterocycles. The Hall–Kier alpha value is -1.62. The number of hydrogen-bond acceptors (Lipinski definition) is 2. The van der Waals surface area contributed by atoms with Gasteiger partial charge in [-0.3, -0.25) is 4.98 Å². The average Bonchev–Trinajstić information content (AvgIpc) is 2.07. The van der Waals surface area contributed by atoms with Gasteiger partial charge in [0.15, 0.2) is 0 Å². The summed E-state index contributed by atoms with van der Waals surface area (Å²) in [5.74, 6) is 0. The minimum atomic E-state index is 0.856. The quantitative estimate of drug-likeness (QED) is 0.565. The zero-order valence-corrected chi connectivity index (χ0v) is 6.28. The monoisotopic (exact) mass is 144 g/mol. The van der Waals surface area contributed by atoms with Crippen molar-refractivity contribution in [1.29, 1.82) is 5.26 Å². The van der Waals surface area contributed by atoms with Gasteiger partial charge in [0.2, 0.25) is 0 Å².